The first kappa shape index (κ1) is 23.7. The lowest BCUT2D eigenvalue weighted by molar-refractivity contribution is -0.120. The van der Waals surface area contributed by atoms with E-state index in [2.05, 4.69) is 15.1 Å². The molecule has 0 saturated carbocycles. The predicted molar refractivity (Wildman–Crippen MR) is 119 cm³/mol. The first-order valence-electron chi connectivity index (χ1n) is 10.00. The average Bonchev–Trinajstić information content (AvgIpc) is 3.24. The minimum Gasteiger partial charge on any atom is -0.465 e. The van der Waals surface area contributed by atoms with E-state index in [1.807, 2.05) is 39.0 Å². The number of primary amides is 1. The topological polar surface area (TPSA) is 113 Å². The Bertz CT molecular complexity index is 1040. The summed E-state index contributed by atoms with van der Waals surface area (Å²) >= 11 is 0. The van der Waals surface area contributed by atoms with Crippen molar-refractivity contribution in [2.75, 3.05) is 7.11 Å². The van der Waals surface area contributed by atoms with Crippen LogP contribution in [0.5, 0.6) is 0 Å². The van der Waals surface area contributed by atoms with Crippen molar-refractivity contribution in [3.63, 3.8) is 0 Å². The number of carbonyl (C=O) groups is 2. The molecule has 1 amide bonds. The summed E-state index contributed by atoms with van der Waals surface area (Å²) in [6, 6.07) is 9.40. The van der Waals surface area contributed by atoms with Crippen LogP contribution in [0.25, 0.3) is 16.9 Å². The molecule has 0 unspecified atom stereocenters. The summed E-state index contributed by atoms with van der Waals surface area (Å²) in [4.78, 5) is 30.8. The molecule has 164 valence electrons. The molecule has 0 fully saturated rings. The van der Waals surface area contributed by atoms with Crippen molar-refractivity contribution >= 4 is 11.9 Å². The summed E-state index contributed by atoms with van der Waals surface area (Å²) < 4.78 is 6.64. The van der Waals surface area contributed by atoms with Crippen LogP contribution in [0.3, 0.4) is 0 Å². The van der Waals surface area contributed by atoms with Crippen molar-refractivity contribution in [3.05, 3.63) is 59.8 Å². The number of nitrogens with two attached hydrogens (primary N) is 1. The van der Waals surface area contributed by atoms with Gasteiger partial charge < -0.3 is 10.5 Å². The largest absolute Gasteiger partial charge is 0.465 e. The third-order valence-corrected chi connectivity index (χ3v) is 4.45. The van der Waals surface area contributed by atoms with Gasteiger partial charge in [-0.2, -0.15) is 5.10 Å². The van der Waals surface area contributed by atoms with E-state index >= 15 is 0 Å². The number of aromatic nitrogens is 4. The van der Waals surface area contributed by atoms with Gasteiger partial charge in [0.15, 0.2) is 0 Å². The molecule has 2 heterocycles. The number of methoxy groups -OCH3 is 1. The number of ether oxygens (including phenoxy) is 1. The van der Waals surface area contributed by atoms with Crippen molar-refractivity contribution < 1.29 is 14.3 Å². The lowest BCUT2D eigenvalue weighted by Gasteiger charge is -2.12. The standard InChI is InChI=1S/C19H20N4O2.C4H9NO/c1-12(2)18-21-11-22-23(18)16-8-14(7-15(9-16)19(24)25-4)17-6-5-13(3)10-20-17;1-3(2)4(5)6/h5-12H,1-4H3;3H,1-2H3,(H2,5,6). The molecule has 8 heteroatoms. The summed E-state index contributed by atoms with van der Waals surface area (Å²) in [5, 5.41) is 4.32. The molecule has 8 nitrogen and oxygen atoms in total. The van der Waals surface area contributed by atoms with Crippen molar-refractivity contribution in [1.82, 2.24) is 19.7 Å². The molecule has 0 saturated heterocycles. The molecule has 0 atom stereocenters. The molecule has 3 rings (SSSR count). The normalized spacial score (nSPS) is 10.6. The van der Waals surface area contributed by atoms with E-state index in [1.54, 1.807) is 36.9 Å². The van der Waals surface area contributed by atoms with Crippen molar-refractivity contribution in [1.29, 1.82) is 0 Å². The number of rotatable bonds is 5. The molecular formula is C23H29N5O3. The highest BCUT2D eigenvalue weighted by atomic mass is 16.5. The van der Waals surface area contributed by atoms with E-state index in [1.165, 1.54) is 13.4 Å². The number of amides is 1. The summed E-state index contributed by atoms with van der Waals surface area (Å²) in [5.41, 5.74) is 8.67. The summed E-state index contributed by atoms with van der Waals surface area (Å²) in [6.07, 6.45) is 3.32. The van der Waals surface area contributed by atoms with Crippen LogP contribution in [0.4, 0.5) is 0 Å². The number of hydrogen-bond acceptors (Lipinski definition) is 6. The molecule has 0 spiro atoms. The lowest BCUT2D eigenvalue weighted by atomic mass is 10.0. The zero-order valence-corrected chi connectivity index (χ0v) is 18.8. The maximum absolute atomic E-state index is 12.1. The second-order valence-electron chi connectivity index (χ2n) is 7.72. The number of benzene rings is 1. The van der Waals surface area contributed by atoms with Crippen LogP contribution in [0.15, 0.2) is 42.9 Å². The van der Waals surface area contributed by atoms with Gasteiger partial charge in [0.2, 0.25) is 5.91 Å². The Morgan fingerprint density at radius 2 is 1.74 bits per heavy atom. The highest BCUT2D eigenvalue weighted by Crippen LogP contribution is 2.25. The molecule has 2 N–H and O–H groups in total. The average molecular weight is 424 g/mol. The highest BCUT2D eigenvalue weighted by Gasteiger charge is 2.15. The summed E-state index contributed by atoms with van der Waals surface area (Å²) in [6.45, 7) is 9.61. The van der Waals surface area contributed by atoms with Gasteiger partial charge in [-0.1, -0.05) is 33.8 Å². The van der Waals surface area contributed by atoms with E-state index in [4.69, 9.17) is 10.5 Å². The third kappa shape index (κ3) is 6.21. The molecule has 0 aliphatic carbocycles. The van der Waals surface area contributed by atoms with Gasteiger partial charge in [-0.05, 0) is 36.8 Å². The summed E-state index contributed by atoms with van der Waals surface area (Å²) in [5.74, 6) is 0.372. The molecule has 3 aromatic rings. The van der Waals surface area contributed by atoms with Gasteiger partial charge in [0.05, 0.1) is 24.1 Å². The van der Waals surface area contributed by atoms with Crippen LogP contribution in [0, 0.1) is 12.8 Å². The van der Waals surface area contributed by atoms with E-state index < -0.39 is 5.97 Å². The zero-order chi connectivity index (χ0) is 23.1. The Hall–Kier alpha value is -3.55. The Balaban J connectivity index is 0.000000501. The number of hydrogen-bond donors (Lipinski definition) is 1. The highest BCUT2D eigenvalue weighted by molar-refractivity contribution is 5.91. The van der Waals surface area contributed by atoms with Crippen LogP contribution < -0.4 is 5.73 Å². The fourth-order valence-corrected chi connectivity index (χ4v) is 2.60. The van der Waals surface area contributed by atoms with Gasteiger partial charge in [0, 0.05) is 23.6 Å². The van der Waals surface area contributed by atoms with Crippen LogP contribution in [0.2, 0.25) is 0 Å². The second-order valence-corrected chi connectivity index (χ2v) is 7.72. The van der Waals surface area contributed by atoms with E-state index in [0.717, 1.165) is 28.3 Å². The molecule has 31 heavy (non-hydrogen) atoms. The van der Waals surface area contributed by atoms with E-state index in [9.17, 15) is 9.59 Å². The minimum atomic E-state index is -0.401. The smallest absolute Gasteiger partial charge is 0.337 e. The maximum Gasteiger partial charge on any atom is 0.337 e. The van der Waals surface area contributed by atoms with E-state index in [0.29, 0.717) is 5.56 Å². The van der Waals surface area contributed by atoms with Gasteiger partial charge in [0.1, 0.15) is 12.2 Å². The van der Waals surface area contributed by atoms with Crippen molar-refractivity contribution in [3.8, 4) is 16.9 Å². The fraction of sp³-hybridized carbons (Fsp3) is 0.348. The first-order valence-corrected chi connectivity index (χ1v) is 10.00. The van der Waals surface area contributed by atoms with Gasteiger partial charge in [-0.25, -0.2) is 14.5 Å². The van der Waals surface area contributed by atoms with Gasteiger partial charge in [-0.3, -0.25) is 9.78 Å². The fourth-order valence-electron chi connectivity index (χ4n) is 2.60. The molecule has 1 aromatic carbocycles. The van der Waals surface area contributed by atoms with Crippen LogP contribution in [-0.4, -0.2) is 38.7 Å². The quantitative estimate of drug-likeness (QED) is 0.626. The number of esters is 1. The third-order valence-electron chi connectivity index (χ3n) is 4.45. The van der Waals surface area contributed by atoms with Crippen molar-refractivity contribution in [2.45, 2.75) is 40.5 Å². The molecule has 0 radical (unpaired) electrons. The maximum atomic E-state index is 12.1. The predicted octanol–water partition coefficient (Wildman–Crippen LogP) is 3.68. The minimum absolute atomic E-state index is 0.00926. The molecular weight excluding hydrogens is 394 g/mol. The zero-order valence-electron chi connectivity index (χ0n) is 18.8. The molecule has 0 bridgehead atoms. The van der Waals surface area contributed by atoms with Gasteiger partial charge in [0.25, 0.3) is 0 Å². The molecule has 2 aromatic heterocycles. The SMILES string of the molecule is CC(C)C(N)=O.COC(=O)c1cc(-c2ccc(C)cn2)cc(-n2ncnc2C(C)C)c1. The number of carbonyl (C=O) groups excluding carboxylic acids is 2. The Morgan fingerprint density at radius 1 is 1.06 bits per heavy atom. The molecule has 0 aliphatic rings. The first-order chi connectivity index (χ1) is 14.6. The van der Waals surface area contributed by atoms with Crippen molar-refractivity contribution in [2.24, 2.45) is 11.7 Å². The Labute approximate surface area is 182 Å². The Morgan fingerprint density at radius 3 is 2.26 bits per heavy atom. The van der Waals surface area contributed by atoms with Crippen LogP contribution in [-0.2, 0) is 9.53 Å². The Kier molecular flexibility index (Phi) is 8.01. The van der Waals surface area contributed by atoms with E-state index in [-0.39, 0.29) is 17.7 Å². The monoisotopic (exact) mass is 423 g/mol. The van der Waals surface area contributed by atoms with Crippen LogP contribution in [0.1, 0.15) is 55.4 Å². The summed E-state index contributed by atoms with van der Waals surface area (Å²) in [7, 11) is 1.37. The molecule has 0 aliphatic heterocycles. The number of pyridine rings is 1. The number of aryl methyl sites for hydroxylation is 1. The number of nitrogens with zero attached hydrogens (tertiary/aromatic N) is 4. The van der Waals surface area contributed by atoms with Gasteiger partial charge in [-0.15, -0.1) is 0 Å². The van der Waals surface area contributed by atoms with Gasteiger partial charge >= 0.3 is 5.97 Å². The van der Waals surface area contributed by atoms with Crippen LogP contribution >= 0.6 is 0 Å². The second kappa shape index (κ2) is 10.5. The lowest BCUT2D eigenvalue weighted by Crippen LogP contribution is -2.17.